The van der Waals surface area contributed by atoms with Crippen LogP contribution in [0.2, 0.25) is 0 Å². The van der Waals surface area contributed by atoms with Crippen molar-refractivity contribution in [3.05, 3.63) is 0 Å². The van der Waals surface area contributed by atoms with Crippen LogP contribution in [0.5, 0.6) is 0 Å². The zero-order chi connectivity index (χ0) is 10.1. The highest BCUT2D eigenvalue weighted by atomic mass is 16.3. The fourth-order valence-corrected chi connectivity index (χ4v) is 2.83. The summed E-state index contributed by atoms with van der Waals surface area (Å²) in [7, 11) is 0. The van der Waals surface area contributed by atoms with Gasteiger partial charge in [-0.3, -0.25) is 4.90 Å². The van der Waals surface area contributed by atoms with E-state index in [1.807, 2.05) is 0 Å². The average Bonchev–Trinajstić information content (AvgIpc) is 2.47. The maximum atomic E-state index is 9.47. The zero-order valence-corrected chi connectivity index (χ0v) is 8.89. The van der Waals surface area contributed by atoms with Crippen molar-refractivity contribution in [1.82, 2.24) is 4.90 Å². The van der Waals surface area contributed by atoms with Crippen molar-refractivity contribution in [1.29, 1.82) is 0 Å². The van der Waals surface area contributed by atoms with Crippen molar-refractivity contribution in [2.24, 2.45) is 5.92 Å². The molecule has 4 atom stereocenters. The van der Waals surface area contributed by atoms with E-state index in [0.29, 0.717) is 19.1 Å². The van der Waals surface area contributed by atoms with Crippen molar-refractivity contribution < 1.29 is 10.2 Å². The van der Waals surface area contributed by atoms with Gasteiger partial charge in [0.15, 0.2) is 0 Å². The monoisotopic (exact) mass is 199 g/mol. The minimum atomic E-state index is -0.521. The largest absolute Gasteiger partial charge is 0.389 e. The standard InChI is InChI=1S/C11H21NO2/c1-8-3-2-4-9(5-8)12-6-10(13)11(14)7-12/h8-11,13-14H,2-7H2,1H3/t8?,9?,10-,11+. The first-order valence-electron chi connectivity index (χ1n) is 5.77. The van der Waals surface area contributed by atoms with E-state index >= 15 is 0 Å². The van der Waals surface area contributed by atoms with Gasteiger partial charge in [0, 0.05) is 19.1 Å². The lowest BCUT2D eigenvalue weighted by Gasteiger charge is -2.33. The van der Waals surface area contributed by atoms with Crippen LogP contribution in [0.1, 0.15) is 32.6 Å². The van der Waals surface area contributed by atoms with Crippen LogP contribution in [0, 0.1) is 5.92 Å². The molecule has 0 aromatic carbocycles. The van der Waals surface area contributed by atoms with Crippen molar-refractivity contribution in [3.63, 3.8) is 0 Å². The molecule has 0 amide bonds. The SMILES string of the molecule is CC1CCCC(N2C[C@@H](O)[C@@H](O)C2)C1. The van der Waals surface area contributed by atoms with Gasteiger partial charge in [0.05, 0.1) is 12.2 Å². The summed E-state index contributed by atoms with van der Waals surface area (Å²) in [4.78, 5) is 2.27. The van der Waals surface area contributed by atoms with Crippen LogP contribution in [-0.4, -0.2) is 46.5 Å². The molecule has 2 fully saturated rings. The number of nitrogens with zero attached hydrogens (tertiary/aromatic N) is 1. The Morgan fingerprint density at radius 2 is 1.71 bits per heavy atom. The molecule has 0 aromatic heterocycles. The normalized spacial score (nSPS) is 45.6. The molecule has 2 aliphatic rings. The van der Waals surface area contributed by atoms with Gasteiger partial charge < -0.3 is 10.2 Å². The first-order valence-corrected chi connectivity index (χ1v) is 5.77. The lowest BCUT2D eigenvalue weighted by molar-refractivity contribution is 0.0572. The maximum absolute atomic E-state index is 9.47. The number of aliphatic hydroxyl groups is 2. The lowest BCUT2D eigenvalue weighted by atomic mass is 9.86. The van der Waals surface area contributed by atoms with Crippen molar-refractivity contribution in [3.8, 4) is 0 Å². The number of likely N-dealkylation sites (tertiary alicyclic amines) is 1. The molecule has 3 nitrogen and oxygen atoms in total. The Labute approximate surface area is 85.7 Å². The number of hydrogen-bond donors (Lipinski definition) is 2. The molecule has 82 valence electrons. The van der Waals surface area contributed by atoms with Crippen molar-refractivity contribution in [2.75, 3.05) is 13.1 Å². The Morgan fingerprint density at radius 3 is 2.29 bits per heavy atom. The van der Waals surface area contributed by atoms with Gasteiger partial charge in [0.1, 0.15) is 0 Å². The summed E-state index contributed by atoms with van der Waals surface area (Å²) in [5.74, 6) is 0.809. The molecule has 0 spiro atoms. The molecule has 0 radical (unpaired) electrons. The van der Waals surface area contributed by atoms with Gasteiger partial charge >= 0.3 is 0 Å². The summed E-state index contributed by atoms with van der Waals surface area (Å²) >= 11 is 0. The van der Waals surface area contributed by atoms with E-state index in [1.165, 1.54) is 25.7 Å². The molecule has 2 rings (SSSR count). The van der Waals surface area contributed by atoms with Crippen LogP contribution < -0.4 is 0 Å². The summed E-state index contributed by atoms with van der Waals surface area (Å²) in [6, 6.07) is 0.602. The summed E-state index contributed by atoms with van der Waals surface area (Å²) < 4.78 is 0. The third kappa shape index (κ3) is 2.10. The zero-order valence-electron chi connectivity index (χ0n) is 8.89. The Bertz CT molecular complexity index is 185. The van der Waals surface area contributed by atoms with Crippen LogP contribution >= 0.6 is 0 Å². The highest BCUT2D eigenvalue weighted by Crippen LogP contribution is 2.29. The Kier molecular flexibility index (Phi) is 3.10. The molecular weight excluding hydrogens is 178 g/mol. The molecule has 1 aliphatic heterocycles. The molecule has 1 saturated heterocycles. The van der Waals surface area contributed by atoms with Gasteiger partial charge in [0.2, 0.25) is 0 Å². The van der Waals surface area contributed by atoms with Gasteiger partial charge in [-0.05, 0) is 18.8 Å². The van der Waals surface area contributed by atoms with E-state index in [4.69, 9.17) is 0 Å². The lowest BCUT2D eigenvalue weighted by Crippen LogP contribution is -2.37. The van der Waals surface area contributed by atoms with Gasteiger partial charge in [-0.25, -0.2) is 0 Å². The fourth-order valence-electron chi connectivity index (χ4n) is 2.83. The van der Waals surface area contributed by atoms with Crippen molar-refractivity contribution >= 4 is 0 Å². The number of hydrogen-bond acceptors (Lipinski definition) is 3. The number of β-amino-alcohol motifs (C(OH)–C–C–N with tert-alkyl or cyclic N) is 2. The van der Waals surface area contributed by atoms with Crippen LogP contribution in [0.4, 0.5) is 0 Å². The second kappa shape index (κ2) is 4.17. The van der Waals surface area contributed by atoms with Gasteiger partial charge in [0.25, 0.3) is 0 Å². The smallest absolute Gasteiger partial charge is 0.0938 e. The highest BCUT2D eigenvalue weighted by molar-refractivity contribution is 4.89. The molecule has 3 heteroatoms. The molecule has 1 heterocycles. The number of rotatable bonds is 1. The molecule has 1 saturated carbocycles. The van der Waals surface area contributed by atoms with E-state index in [1.54, 1.807) is 0 Å². The topological polar surface area (TPSA) is 43.7 Å². The van der Waals surface area contributed by atoms with Gasteiger partial charge in [-0.15, -0.1) is 0 Å². The molecule has 0 bridgehead atoms. The van der Waals surface area contributed by atoms with E-state index in [2.05, 4.69) is 11.8 Å². The minimum Gasteiger partial charge on any atom is -0.389 e. The molecule has 2 N–H and O–H groups in total. The minimum absolute atomic E-state index is 0.521. The van der Waals surface area contributed by atoms with Crippen LogP contribution in [-0.2, 0) is 0 Å². The highest BCUT2D eigenvalue weighted by Gasteiger charge is 2.35. The summed E-state index contributed by atoms with van der Waals surface area (Å²) in [6.07, 6.45) is 4.08. The summed E-state index contributed by atoms with van der Waals surface area (Å²) in [6.45, 7) is 3.63. The second-order valence-electron chi connectivity index (χ2n) is 5.01. The maximum Gasteiger partial charge on any atom is 0.0938 e. The summed E-state index contributed by atoms with van der Waals surface area (Å²) in [5, 5.41) is 18.9. The first-order chi connectivity index (χ1) is 6.66. The van der Waals surface area contributed by atoms with Crippen LogP contribution in [0.3, 0.4) is 0 Å². The predicted octanol–water partition coefficient (Wildman–Crippen LogP) is 0.602. The Hall–Kier alpha value is -0.120. The third-order valence-electron chi connectivity index (χ3n) is 3.71. The summed E-state index contributed by atoms with van der Waals surface area (Å²) in [5.41, 5.74) is 0. The van der Waals surface area contributed by atoms with Gasteiger partial charge in [-0.1, -0.05) is 19.8 Å². The number of aliphatic hydroxyl groups excluding tert-OH is 2. The van der Waals surface area contributed by atoms with Gasteiger partial charge in [-0.2, -0.15) is 0 Å². The fraction of sp³-hybridized carbons (Fsp3) is 1.00. The quantitative estimate of drug-likeness (QED) is 0.650. The van der Waals surface area contributed by atoms with Crippen LogP contribution in [0.25, 0.3) is 0 Å². The molecule has 0 aromatic rings. The van der Waals surface area contributed by atoms with E-state index in [-0.39, 0.29) is 0 Å². The van der Waals surface area contributed by atoms with E-state index in [0.717, 1.165) is 5.92 Å². The molecule has 2 unspecified atom stereocenters. The Balaban J connectivity index is 1.89. The molecule has 1 aliphatic carbocycles. The predicted molar refractivity (Wildman–Crippen MR) is 55.0 cm³/mol. The van der Waals surface area contributed by atoms with E-state index < -0.39 is 12.2 Å². The Morgan fingerprint density at radius 1 is 1.07 bits per heavy atom. The third-order valence-corrected chi connectivity index (χ3v) is 3.71. The van der Waals surface area contributed by atoms with Crippen LogP contribution in [0.15, 0.2) is 0 Å². The molecule has 14 heavy (non-hydrogen) atoms. The second-order valence-corrected chi connectivity index (χ2v) is 5.01. The molecular formula is C11H21NO2. The first kappa shape index (κ1) is 10.4. The average molecular weight is 199 g/mol. The van der Waals surface area contributed by atoms with Crippen molar-refractivity contribution in [2.45, 2.75) is 50.9 Å². The van der Waals surface area contributed by atoms with E-state index in [9.17, 15) is 10.2 Å².